The van der Waals surface area contributed by atoms with Gasteiger partial charge in [-0.05, 0) is 25.8 Å². The molecule has 1 aromatic carbocycles. The summed E-state index contributed by atoms with van der Waals surface area (Å²) in [5.41, 5.74) is 1.85. The van der Waals surface area contributed by atoms with Gasteiger partial charge in [0.2, 0.25) is 11.8 Å². The molecule has 6 heteroatoms. The average molecular weight is 332 g/mol. The normalized spacial score (nSPS) is 12.6. The average Bonchev–Trinajstić information content (AvgIpc) is 2.50. The number of amides is 2. The van der Waals surface area contributed by atoms with E-state index in [2.05, 4.69) is 10.6 Å². The van der Waals surface area contributed by atoms with Gasteiger partial charge in [0.15, 0.2) is 0 Å². The van der Waals surface area contributed by atoms with Gasteiger partial charge in [-0.15, -0.1) is 0 Å². The van der Waals surface area contributed by atoms with E-state index in [-0.39, 0.29) is 12.3 Å². The summed E-state index contributed by atoms with van der Waals surface area (Å²) in [7, 11) is 0. The molecular weight excluding hydrogens is 308 g/mol. The fraction of sp³-hybridized carbons (Fsp3) is 0.389. The first kappa shape index (κ1) is 19.4. The van der Waals surface area contributed by atoms with Gasteiger partial charge in [0.05, 0.1) is 0 Å². The predicted octanol–water partition coefficient (Wildman–Crippen LogP) is 1.66. The highest BCUT2D eigenvalue weighted by atomic mass is 16.4. The maximum absolute atomic E-state index is 12.4. The van der Waals surface area contributed by atoms with Crippen molar-refractivity contribution in [2.24, 2.45) is 0 Å². The third kappa shape index (κ3) is 7.09. The zero-order valence-electron chi connectivity index (χ0n) is 14.2. The van der Waals surface area contributed by atoms with Gasteiger partial charge in [-0.2, -0.15) is 0 Å². The van der Waals surface area contributed by atoms with Crippen LogP contribution >= 0.6 is 0 Å². The fourth-order valence-corrected chi connectivity index (χ4v) is 2.15. The van der Waals surface area contributed by atoms with E-state index in [0.29, 0.717) is 6.42 Å². The highest BCUT2D eigenvalue weighted by Gasteiger charge is 2.25. The molecule has 0 aliphatic rings. The van der Waals surface area contributed by atoms with Crippen LogP contribution in [0.15, 0.2) is 42.0 Å². The summed E-state index contributed by atoms with van der Waals surface area (Å²) in [6.07, 6.45) is 2.24. The molecule has 0 aromatic heterocycles. The molecular formula is C18H24N2O4. The number of carbonyl (C=O) groups excluding carboxylic acids is 2. The summed E-state index contributed by atoms with van der Waals surface area (Å²) in [4.78, 5) is 35.1. The summed E-state index contributed by atoms with van der Waals surface area (Å²) < 4.78 is 0. The number of allylic oxidation sites excluding steroid dienone is 1. The van der Waals surface area contributed by atoms with Crippen molar-refractivity contribution in [2.45, 2.75) is 45.7 Å². The molecule has 6 nitrogen and oxygen atoms in total. The summed E-state index contributed by atoms with van der Waals surface area (Å²) >= 11 is 0. The van der Waals surface area contributed by atoms with Crippen molar-refractivity contribution in [3.8, 4) is 0 Å². The number of carboxylic acids is 1. The molecule has 0 aliphatic carbocycles. The van der Waals surface area contributed by atoms with Crippen LogP contribution in [-0.2, 0) is 20.8 Å². The second-order valence-corrected chi connectivity index (χ2v) is 5.86. The van der Waals surface area contributed by atoms with Crippen molar-refractivity contribution in [2.75, 3.05) is 0 Å². The predicted molar refractivity (Wildman–Crippen MR) is 91.4 cm³/mol. The molecule has 1 aromatic rings. The van der Waals surface area contributed by atoms with Crippen molar-refractivity contribution in [1.29, 1.82) is 0 Å². The molecule has 0 heterocycles. The number of hydrogen-bond donors (Lipinski definition) is 3. The van der Waals surface area contributed by atoms with Gasteiger partial charge in [0, 0.05) is 13.3 Å². The monoisotopic (exact) mass is 332 g/mol. The van der Waals surface area contributed by atoms with Crippen molar-refractivity contribution < 1.29 is 19.5 Å². The van der Waals surface area contributed by atoms with Gasteiger partial charge < -0.3 is 15.7 Å². The molecule has 0 aliphatic heterocycles. The summed E-state index contributed by atoms with van der Waals surface area (Å²) in [6.45, 7) is 5.04. The van der Waals surface area contributed by atoms with E-state index in [1.807, 2.05) is 44.2 Å². The molecule has 0 spiro atoms. The van der Waals surface area contributed by atoms with E-state index in [1.165, 1.54) is 6.92 Å². The summed E-state index contributed by atoms with van der Waals surface area (Å²) in [5.74, 6) is -1.96. The van der Waals surface area contributed by atoms with Gasteiger partial charge in [-0.25, -0.2) is 4.79 Å². The molecule has 0 saturated heterocycles. The van der Waals surface area contributed by atoms with E-state index in [4.69, 9.17) is 0 Å². The Labute approximate surface area is 141 Å². The largest absolute Gasteiger partial charge is 0.480 e. The van der Waals surface area contributed by atoms with Crippen molar-refractivity contribution in [3.05, 3.63) is 47.5 Å². The molecule has 0 radical (unpaired) electrons. The van der Waals surface area contributed by atoms with Crippen LogP contribution in [0, 0.1) is 0 Å². The van der Waals surface area contributed by atoms with Gasteiger partial charge in [-0.1, -0.05) is 42.0 Å². The van der Waals surface area contributed by atoms with Crippen molar-refractivity contribution in [1.82, 2.24) is 10.6 Å². The minimum Gasteiger partial charge on any atom is -0.480 e. The molecule has 2 atom stereocenters. The van der Waals surface area contributed by atoms with Crippen LogP contribution in [-0.4, -0.2) is 35.0 Å². The van der Waals surface area contributed by atoms with Crippen molar-refractivity contribution in [3.63, 3.8) is 0 Å². The maximum atomic E-state index is 12.4. The van der Waals surface area contributed by atoms with E-state index in [9.17, 15) is 19.5 Å². The minimum absolute atomic E-state index is 0.196. The van der Waals surface area contributed by atoms with Gasteiger partial charge in [0.25, 0.3) is 0 Å². The van der Waals surface area contributed by atoms with Crippen LogP contribution < -0.4 is 10.6 Å². The molecule has 130 valence electrons. The van der Waals surface area contributed by atoms with Crippen LogP contribution in [0.1, 0.15) is 32.8 Å². The zero-order valence-corrected chi connectivity index (χ0v) is 14.2. The second-order valence-electron chi connectivity index (χ2n) is 5.86. The smallest absolute Gasteiger partial charge is 0.326 e. The van der Waals surface area contributed by atoms with Gasteiger partial charge in [-0.3, -0.25) is 9.59 Å². The van der Waals surface area contributed by atoms with Crippen LogP contribution in [0.25, 0.3) is 0 Å². The van der Waals surface area contributed by atoms with E-state index >= 15 is 0 Å². The highest BCUT2D eigenvalue weighted by molar-refractivity contribution is 5.90. The van der Waals surface area contributed by atoms with E-state index < -0.39 is 24.0 Å². The lowest BCUT2D eigenvalue weighted by Gasteiger charge is -2.20. The zero-order chi connectivity index (χ0) is 18.1. The fourth-order valence-electron chi connectivity index (χ4n) is 2.15. The number of aliphatic carboxylic acids is 1. The SMILES string of the molecule is CC(=O)N[C@H](Cc1ccccc1)C(=O)N[C@H](CC=C(C)C)C(=O)O. The molecule has 0 bridgehead atoms. The Morgan fingerprint density at radius 3 is 2.17 bits per heavy atom. The Morgan fingerprint density at radius 1 is 1.04 bits per heavy atom. The lowest BCUT2D eigenvalue weighted by atomic mass is 10.0. The quantitative estimate of drug-likeness (QED) is 0.631. The molecule has 1 rings (SSSR count). The molecule has 0 fully saturated rings. The molecule has 24 heavy (non-hydrogen) atoms. The van der Waals surface area contributed by atoms with Crippen LogP contribution in [0.2, 0.25) is 0 Å². The molecule has 3 N–H and O–H groups in total. The van der Waals surface area contributed by atoms with Crippen LogP contribution in [0.4, 0.5) is 0 Å². The first-order valence-corrected chi connectivity index (χ1v) is 7.77. The Morgan fingerprint density at radius 2 is 1.67 bits per heavy atom. The first-order chi connectivity index (χ1) is 11.3. The minimum atomic E-state index is -1.11. The number of carboxylic acid groups (broad SMARTS) is 1. The summed E-state index contributed by atoms with van der Waals surface area (Å²) in [6, 6.07) is 7.38. The second kappa shape index (κ2) is 9.50. The van der Waals surface area contributed by atoms with Gasteiger partial charge >= 0.3 is 5.97 Å². The lowest BCUT2D eigenvalue weighted by Crippen LogP contribution is -2.52. The molecule has 0 saturated carbocycles. The molecule has 0 unspecified atom stereocenters. The maximum Gasteiger partial charge on any atom is 0.326 e. The van der Waals surface area contributed by atoms with Crippen molar-refractivity contribution >= 4 is 17.8 Å². The number of nitrogens with one attached hydrogen (secondary N) is 2. The van der Waals surface area contributed by atoms with Gasteiger partial charge in [0.1, 0.15) is 12.1 Å². The third-order valence-electron chi connectivity index (χ3n) is 3.35. The highest BCUT2D eigenvalue weighted by Crippen LogP contribution is 2.05. The first-order valence-electron chi connectivity index (χ1n) is 7.77. The van der Waals surface area contributed by atoms with Crippen LogP contribution in [0.3, 0.4) is 0 Å². The number of rotatable bonds is 8. The van der Waals surface area contributed by atoms with E-state index in [1.54, 1.807) is 6.08 Å². The Kier molecular flexibility index (Phi) is 7.68. The van der Waals surface area contributed by atoms with Crippen LogP contribution in [0.5, 0.6) is 0 Å². The lowest BCUT2D eigenvalue weighted by molar-refractivity contribution is -0.142. The number of carbonyl (C=O) groups is 3. The number of benzene rings is 1. The topological polar surface area (TPSA) is 95.5 Å². The number of hydrogen-bond acceptors (Lipinski definition) is 3. The Balaban J connectivity index is 2.83. The Bertz CT molecular complexity index is 607. The third-order valence-corrected chi connectivity index (χ3v) is 3.35. The summed E-state index contributed by atoms with van der Waals surface area (Å²) in [5, 5.41) is 14.3. The Hall–Kier alpha value is -2.63. The van der Waals surface area contributed by atoms with E-state index in [0.717, 1.165) is 11.1 Å². The standard InChI is InChI=1S/C18H24N2O4/c1-12(2)9-10-15(18(23)24)20-17(22)16(19-13(3)21)11-14-7-5-4-6-8-14/h4-9,15-16H,10-11H2,1-3H3,(H,19,21)(H,20,22)(H,23,24)/t15-,16-/m1/s1. The molecule has 2 amide bonds.